The van der Waals surface area contributed by atoms with Gasteiger partial charge in [-0.25, -0.2) is 4.79 Å². The van der Waals surface area contributed by atoms with Crippen LogP contribution in [0.2, 0.25) is 10.0 Å². The van der Waals surface area contributed by atoms with E-state index >= 15 is 0 Å². The molecule has 0 bridgehead atoms. The highest BCUT2D eigenvalue weighted by atomic mass is 35.5. The normalized spacial score (nSPS) is 22.9. The SMILES string of the molecule is CC(C)(C)OC(=O)N1CCN2c3ccc(Cl)c(Cl)c3C(=O)NC2(C)CC1. The van der Waals surface area contributed by atoms with Crippen molar-refractivity contribution in [1.29, 1.82) is 0 Å². The Balaban J connectivity index is 1.90. The van der Waals surface area contributed by atoms with Gasteiger partial charge in [-0.2, -0.15) is 0 Å². The van der Waals surface area contributed by atoms with Gasteiger partial charge in [0, 0.05) is 26.1 Å². The van der Waals surface area contributed by atoms with Crippen LogP contribution in [0.4, 0.5) is 10.5 Å². The van der Waals surface area contributed by atoms with Crippen LogP contribution in [0.25, 0.3) is 0 Å². The molecule has 0 aliphatic carbocycles. The number of carbonyl (C=O) groups is 2. The summed E-state index contributed by atoms with van der Waals surface area (Å²) in [4.78, 5) is 28.9. The Morgan fingerprint density at radius 2 is 1.92 bits per heavy atom. The number of hydrogen-bond acceptors (Lipinski definition) is 4. The zero-order valence-corrected chi connectivity index (χ0v) is 16.9. The Morgan fingerprint density at radius 1 is 1.23 bits per heavy atom. The maximum atomic E-state index is 12.6. The average molecular weight is 400 g/mol. The number of hydrogen-bond donors (Lipinski definition) is 1. The highest BCUT2D eigenvalue weighted by Gasteiger charge is 2.43. The van der Waals surface area contributed by atoms with Gasteiger partial charge in [-0.3, -0.25) is 4.79 Å². The number of nitrogens with zero attached hydrogens (tertiary/aromatic N) is 2. The van der Waals surface area contributed by atoms with Crippen LogP contribution in [0, 0.1) is 0 Å². The van der Waals surface area contributed by atoms with Crippen molar-refractivity contribution in [1.82, 2.24) is 10.2 Å². The van der Waals surface area contributed by atoms with Crippen LogP contribution in [0.15, 0.2) is 12.1 Å². The van der Waals surface area contributed by atoms with E-state index in [1.54, 1.807) is 11.0 Å². The Morgan fingerprint density at radius 3 is 2.58 bits per heavy atom. The first-order chi connectivity index (χ1) is 12.0. The van der Waals surface area contributed by atoms with Crippen molar-refractivity contribution in [3.8, 4) is 0 Å². The molecule has 1 aromatic rings. The zero-order valence-electron chi connectivity index (χ0n) is 15.4. The first kappa shape index (κ1) is 19.1. The summed E-state index contributed by atoms with van der Waals surface area (Å²) in [6.45, 7) is 9.00. The monoisotopic (exact) mass is 399 g/mol. The smallest absolute Gasteiger partial charge is 0.410 e. The second-order valence-electron chi connectivity index (χ2n) is 7.85. The number of fused-ring (bicyclic) bond motifs is 3. The van der Waals surface area contributed by atoms with E-state index < -0.39 is 11.3 Å². The molecule has 1 N–H and O–H groups in total. The predicted molar refractivity (Wildman–Crippen MR) is 102 cm³/mol. The van der Waals surface area contributed by atoms with Gasteiger partial charge < -0.3 is 19.9 Å². The molecule has 1 unspecified atom stereocenters. The molecule has 2 aliphatic rings. The molecule has 142 valence electrons. The standard InChI is InChI=1S/C18H23Cl2N3O3/c1-17(2,3)26-16(25)22-8-7-18(4)21-15(24)13-12(23(18)10-9-22)6-5-11(19)14(13)20/h5-6H,7-10H2,1-4H3,(H,21,24). The molecule has 0 saturated carbocycles. The molecule has 3 rings (SSSR count). The molecule has 0 radical (unpaired) electrons. The van der Waals surface area contributed by atoms with E-state index in [1.165, 1.54) is 0 Å². The minimum absolute atomic E-state index is 0.247. The number of nitrogens with one attached hydrogen (secondary N) is 1. The Hall–Kier alpha value is -1.66. The summed E-state index contributed by atoms with van der Waals surface area (Å²) < 4.78 is 5.49. The first-order valence-corrected chi connectivity index (χ1v) is 9.33. The zero-order chi connectivity index (χ0) is 19.3. The van der Waals surface area contributed by atoms with Crippen LogP contribution in [-0.4, -0.2) is 47.8 Å². The first-order valence-electron chi connectivity index (χ1n) is 8.58. The summed E-state index contributed by atoms with van der Waals surface area (Å²) in [5, 5.41) is 3.62. The van der Waals surface area contributed by atoms with Crippen molar-refractivity contribution in [3.63, 3.8) is 0 Å². The van der Waals surface area contributed by atoms with Gasteiger partial charge in [0.25, 0.3) is 5.91 Å². The quantitative estimate of drug-likeness (QED) is 0.718. The predicted octanol–water partition coefficient (Wildman–Crippen LogP) is 3.90. The molecule has 8 heteroatoms. The van der Waals surface area contributed by atoms with E-state index in [0.29, 0.717) is 36.6 Å². The van der Waals surface area contributed by atoms with Crippen molar-refractivity contribution >= 4 is 40.9 Å². The van der Waals surface area contributed by atoms with Gasteiger partial charge in [-0.1, -0.05) is 23.2 Å². The van der Waals surface area contributed by atoms with Crippen LogP contribution < -0.4 is 10.2 Å². The number of benzene rings is 1. The van der Waals surface area contributed by atoms with Gasteiger partial charge in [0.1, 0.15) is 11.3 Å². The molecule has 1 atom stereocenters. The number of anilines is 1. The summed E-state index contributed by atoms with van der Waals surface area (Å²) in [7, 11) is 0. The molecule has 1 saturated heterocycles. The summed E-state index contributed by atoms with van der Waals surface area (Å²) >= 11 is 12.4. The highest BCUT2D eigenvalue weighted by molar-refractivity contribution is 6.44. The summed E-state index contributed by atoms with van der Waals surface area (Å²) in [6.07, 6.45) is 0.221. The van der Waals surface area contributed by atoms with Crippen LogP contribution in [0.1, 0.15) is 44.5 Å². The van der Waals surface area contributed by atoms with Crippen molar-refractivity contribution in [2.75, 3.05) is 24.5 Å². The van der Waals surface area contributed by atoms with Gasteiger partial charge in [0.2, 0.25) is 0 Å². The van der Waals surface area contributed by atoms with Crippen LogP contribution in [0.5, 0.6) is 0 Å². The topological polar surface area (TPSA) is 61.9 Å². The Labute approximate surface area is 163 Å². The van der Waals surface area contributed by atoms with Gasteiger partial charge in [-0.05, 0) is 39.8 Å². The highest BCUT2D eigenvalue weighted by Crippen LogP contribution is 2.40. The fraction of sp³-hybridized carbons (Fsp3) is 0.556. The molecule has 2 heterocycles. The van der Waals surface area contributed by atoms with Crippen molar-refractivity contribution in [2.24, 2.45) is 0 Å². The van der Waals surface area contributed by atoms with E-state index in [9.17, 15) is 9.59 Å². The third-order valence-electron chi connectivity index (χ3n) is 4.68. The van der Waals surface area contributed by atoms with Crippen LogP contribution >= 0.6 is 23.2 Å². The average Bonchev–Trinajstić information content (AvgIpc) is 2.67. The minimum Gasteiger partial charge on any atom is -0.444 e. The van der Waals surface area contributed by atoms with E-state index in [1.807, 2.05) is 33.8 Å². The second kappa shape index (κ2) is 6.50. The lowest BCUT2D eigenvalue weighted by molar-refractivity contribution is 0.0259. The fourth-order valence-corrected chi connectivity index (χ4v) is 3.78. The van der Waals surface area contributed by atoms with Gasteiger partial charge in [-0.15, -0.1) is 0 Å². The van der Waals surface area contributed by atoms with E-state index in [4.69, 9.17) is 27.9 Å². The molecule has 2 amide bonds. The summed E-state index contributed by atoms with van der Waals surface area (Å²) in [5.74, 6) is -0.253. The molecule has 2 aliphatic heterocycles. The van der Waals surface area contributed by atoms with Gasteiger partial charge >= 0.3 is 6.09 Å². The molecule has 1 aromatic carbocycles. The summed E-state index contributed by atoms with van der Waals surface area (Å²) in [6, 6.07) is 3.50. The lowest BCUT2D eigenvalue weighted by Crippen LogP contribution is -2.62. The Bertz CT molecular complexity index is 763. The lowest BCUT2D eigenvalue weighted by atomic mass is 9.98. The number of amides is 2. The number of halogens is 2. The molecular formula is C18H23Cl2N3O3. The minimum atomic E-state index is -0.613. The van der Waals surface area contributed by atoms with Crippen molar-refractivity contribution < 1.29 is 14.3 Å². The maximum Gasteiger partial charge on any atom is 0.410 e. The largest absolute Gasteiger partial charge is 0.444 e. The third kappa shape index (κ3) is 3.45. The molecule has 6 nitrogen and oxygen atoms in total. The molecule has 0 spiro atoms. The molecule has 0 aromatic heterocycles. The van der Waals surface area contributed by atoms with Gasteiger partial charge in [0.05, 0.1) is 21.3 Å². The van der Waals surface area contributed by atoms with Crippen LogP contribution in [-0.2, 0) is 4.74 Å². The van der Waals surface area contributed by atoms with E-state index in [-0.39, 0.29) is 17.0 Å². The second-order valence-corrected chi connectivity index (χ2v) is 8.64. The van der Waals surface area contributed by atoms with Crippen molar-refractivity contribution in [3.05, 3.63) is 27.7 Å². The van der Waals surface area contributed by atoms with Gasteiger partial charge in [0.15, 0.2) is 0 Å². The third-order valence-corrected chi connectivity index (χ3v) is 5.49. The van der Waals surface area contributed by atoms with E-state index in [2.05, 4.69) is 10.2 Å². The number of rotatable bonds is 0. The molecule has 1 fully saturated rings. The molecule has 26 heavy (non-hydrogen) atoms. The fourth-order valence-electron chi connectivity index (χ4n) is 3.38. The molecular weight excluding hydrogens is 377 g/mol. The number of ether oxygens (including phenoxy) is 1. The van der Waals surface area contributed by atoms with Crippen molar-refractivity contribution in [2.45, 2.75) is 45.4 Å². The maximum absolute atomic E-state index is 12.6. The number of carbonyl (C=O) groups excluding carboxylic acids is 2. The van der Waals surface area contributed by atoms with E-state index in [0.717, 1.165) is 5.69 Å². The van der Waals surface area contributed by atoms with Crippen LogP contribution in [0.3, 0.4) is 0 Å². The Kier molecular flexibility index (Phi) is 4.78. The summed E-state index contributed by atoms with van der Waals surface area (Å²) in [5.41, 5.74) is -0.0530. The lowest BCUT2D eigenvalue weighted by Gasteiger charge is -2.46.